The molecule has 3 nitrogen and oxygen atoms in total. The zero-order valence-corrected chi connectivity index (χ0v) is 6.76. The summed E-state index contributed by atoms with van der Waals surface area (Å²) in [5, 5.41) is 0. The van der Waals surface area contributed by atoms with E-state index in [1.54, 1.807) is 13.1 Å². The number of aliphatic imine (C=N–C) groups is 1. The normalized spacial score (nSPS) is 14.4. The minimum Gasteiger partial charge on any atom is -0.401 e. The van der Waals surface area contributed by atoms with Gasteiger partial charge in [0, 0.05) is 11.9 Å². The maximum absolute atomic E-state index is 5.56. The summed E-state index contributed by atoms with van der Waals surface area (Å²) < 4.78 is 0. The Morgan fingerprint density at radius 2 is 1.90 bits per heavy atom. The quantitative estimate of drug-likeness (QED) is 0.441. The zero-order chi connectivity index (χ0) is 8.15. The summed E-state index contributed by atoms with van der Waals surface area (Å²) in [6.07, 6.45) is 1.60. The molecule has 0 amide bonds. The maximum Gasteiger partial charge on any atom is 0.0958 e. The molecule has 0 saturated carbocycles. The molecule has 0 fully saturated rings. The summed E-state index contributed by atoms with van der Waals surface area (Å²) in [7, 11) is 0. The topological polar surface area (TPSA) is 64.4 Å². The Bertz CT molecular complexity index is 152. The van der Waals surface area contributed by atoms with Gasteiger partial charge >= 0.3 is 0 Å². The number of nitrogens with zero attached hydrogens (tertiary/aromatic N) is 1. The van der Waals surface area contributed by atoms with Crippen molar-refractivity contribution in [1.82, 2.24) is 0 Å². The fraction of sp³-hybridized carbons (Fsp3) is 0.571. The van der Waals surface area contributed by atoms with Crippen LogP contribution < -0.4 is 11.5 Å². The van der Waals surface area contributed by atoms with Gasteiger partial charge in [-0.3, -0.25) is 0 Å². The van der Waals surface area contributed by atoms with Gasteiger partial charge in [-0.25, -0.2) is 4.99 Å². The lowest BCUT2D eigenvalue weighted by atomic mass is 10.2. The second-order valence-electron chi connectivity index (χ2n) is 2.55. The van der Waals surface area contributed by atoms with Crippen LogP contribution in [0.5, 0.6) is 0 Å². The van der Waals surface area contributed by atoms with E-state index in [9.17, 15) is 0 Å². The Morgan fingerprint density at radius 3 is 2.20 bits per heavy atom. The number of amidine groups is 1. The molecule has 0 aromatic heterocycles. The van der Waals surface area contributed by atoms with Crippen LogP contribution in [0.4, 0.5) is 0 Å². The Balaban J connectivity index is 4.05. The molecule has 0 atom stereocenters. The average molecular weight is 141 g/mol. The largest absolute Gasteiger partial charge is 0.401 e. The monoisotopic (exact) mass is 141 g/mol. The van der Waals surface area contributed by atoms with Crippen LogP contribution in [0.15, 0.2) is 16.9 Å². The predicted molar refractivity (Wildman–Crippen MR) is 44.4 cm³/mol. The molecule has 10 heavy (non-hydrogen) atoms. The van der Waals surface area contributed by atoms with Gasteiger partial charge < -0.3 is 11.5 Å². The van der Waals surface area contributed by atoms with E-state index in [0.717, 1.165) is 5.70 Å². The van der Waals surface area contributed by atoms with E-state index < -0.39 is 0 Å². The molecular weight excluding hydrogens is 126 g/mol. The molecule has 0 unspecified atom stereocenters. The predicted octanol–water partition coefficient (Wildman–Crippen LogP) is 0.820. The highest BCUT2D eigenvalue weighted by atomic mass is 14.8. The van der Waals surface area contributed by atoms with E-state index in [-0.39, 0.29) is 0 Å². The highest BCUT2D eigenvalue weighted by molar-refractivity contribution is 5.77. The second-order valence-corrected chi connectivity index (χ2v) is 2.55. The third kappa shape index (κ3) is 3.95. The molecule has 0 aromatic rings. The van der Waals surface area contributed by atoms with Crippen molar-refractivity contribution in [2.75, 3.05) is 0 Å². The van der Waals surface area contributed by atoms with Crippen LogP contribution in [0.25, 0.3) is 0 Å². The molecular formula is C7H15N3. The Labute approximate surface area is 61.8 Å². The van der Waals surface area contributed by atoms with Crippen LogP contribution in [0.3, 0.4) is 0 Å². The Kier molecular flexibility index (Phi) is 3.54. The van der Waals surface area contributed by atoms with E-state index in [2.05, 4.69) is 4.99 Å². The molecule has 58 valence electrons. The lowest BCUT2D eigenvalue weighted by Crippen LogP contribution is -2.07. The van der Waals surface area contributed by atoms with Crippen molar-refractivity contribution in [1.29, 1.82) is 0 Å². The summed E-state index contributed by atoms with van der Waals surface area (Å²) >= 11 is 0. The highest BCUT2D eigenvalue weighted by Gasteiger charge is 1.93. The molecule has 0 saturated heterocycles. The van der Waals surface area contributed by atoms with Crippen molar-refractivity contribution in [2.45, 2.75) is 20.8 Å². The number of hydrogen-bond acceptors (Lipinski definition) is 2. The Morgan fingerprint density at radius 1 is 1.40 bits per heavy atom. The molecule has 3 heteroatoms. The first-order valence-electron chi connectivity index (χ1n) is 3.29. The van der Waals surface area contributed by atoms with Gasteiger partial charge in [0.2, 0.25) is 0 Å². The van der Waals surface area contributed by atoms with Crippen LogP contribution in [-0.2, 0) is 0 Å². The van der Waals surface area contributed by atoms with E-state index in [0.29, 0.717) is 11.8 Å². The summed E-state index contributed by atoms with van der Waals surface area (Å²) in [5.41, 5.74) is 11.6. The lowest BCUT2D eigenvalue weighted by Gasteiger charge is -2.01. The van der Waals surface area contributed by atoms with Crippen molar-refractivity contribution in [2.24, 2.45) is 22.4 Å². The van der Waals surface area contributed by atoms with Crippen LogP contribution in [0.2, 0.25) is 0 Å². The molecule has 0 heterocycles. The molecule has 4 N–H and O–H groups in total. The molecule has 0 rings (SSSR count). The van der Waals surface area contributed by atoms with Crippen molar-refractivity contribution in [3.8, 4) is 0 Å². The van der Waals surface area contributed by atoms with Gasteiger partial charge in [0.15, 0.2) is 0 Å². The molecule has 0 spiro atoms. The van der Waals surface area contributed by atoms with Gasteiger partial charge in [0.05, 0.1) is 5.84 Å². The fourth-order valence-corrected chi connectivity index (χ4v) is 0.325. The van der Waals surface area contributed by atoms with E-state index in [1.165, 1.54) is 0 Å². The second kappa shape index (κ2) is 3.93. The van der Waals surface area contributed by atoms with Gasteiger partial charge in [-0.15, -0.1) is 0 Å². The van der Waals surface area contributed by atoms with Crippen LogP contribution in [-0.4, -0.2) is 5.84 Å². The van der Waals surface area contributed by atoms with E-state index in [4.69, 9.17) is 11.5 Å². The van der Waals surface area contributed by atoms with Crippen molar-refractivity contribution >= 4 is 5.84 Å². The zero-order valence-electron chi connectivity index (χ0n) is 6.76. The maximum atomic E-state index is 5.56. The van der Waals surface area contributed by atoms with Crippen molar-refractivity contribution in [3.05, 3.63) is 11.9 Å². The fourth-order valence-electron chi connectivity index (χ4n) is 0.325. The highest BCUT2D eigenvalue weighted by Crippen LogP contribution is 2.00. The van der Waals surface area contributed by atoms with Gasteiger partial charge in [0.25, 0.3) is 0 Å². The average Bonchev–Trinajstić information content (AvgIpc) is 1.82. The van der Waals surface area contributed by atoms with Crippen LogP contribution in [0, 0.1) is 5.92 Å². The van der Waals surface area contributed by atoms with Gasteiger partial charge in [-0.1, -0.05) is 13.8 Å². The molecule has 0 aromatic carbocycles. The first-order valence-corrected chi connectivity index (χ1v) is 3.29. The number of nitrogens with two attached hydrogens (primary N) is 2. The van der Waals surface area contributed by atoms with Crippen LogP contribution in [0.1, 0.15) is 20.8 Å². The standard InChI is InChI=1S/C7H15N3/c1-5(2)7(9)4-10-6(3)8/h4-5H,9H2,1-3H3,(H2,8,10). The lowest BCUT2D eigenvalue weighted by molar-refractivity contribution is 0.754. The molecule has 0 radical (unpaired) electrons. The summed E-state index contributed by atoms with van der Waals surface area (Å²) in [4.78, 5) is 3.85. The Hall–Kier alpha value is -0.990. The molecule has 0 bridgehead atoms. The first kappa shape index (κ1) is 9.01. The number of rotatable bonds is 2. The molecule has 0 aliphatic carbocycles. The smallest absolute Gasteiger partial charge is 0.0958 e. The molecule has 0 aliphatic rings. The number of allylic oxidation sites excluding steroid dienone is 1. The van der Waals surface area contributed by atoms with Crippen LogP contribution >= 0.6 is 0 Å². The van der Waals surface area contributed by atoms with E-state index in [1.807, 2.05) is 13.8 Å². The minimum atomic E-state index is 0.336. The van der Waals surface area contributed by atoms with Crippen molar-refractivity contribution < 1.29 is 0 Å². The first-order chi connectivity index (χ1) is 4.54. The summed E-state index contributed by atoms with van der Waals surface area (Å²) in [6.45, 7) is 5.74. The third-order valence-corrected chi connectivity index (χ3v) is 1.08. The van der Waals surface area contributed by atoms with Crippen molar-refractivity contribution in [3.63, 3.8) is 0 Å². The molecule has 0 aliphatic heterocycles. The SMILES string of the molecule is C/C(N)=N\C=C(N)C(C)C. The van der Waals surface area contributed by atoms with Gasteiger partial charge in [-0.2, -0.15) is 0 Å². The minimum absolute atomic E-state index is 0.336. The number of hydrogen-bond donors (Lipinski definition) is 2. The van der Waals surface area contributed by atoms with Gasteiger partial charge in [-0.05, 0) is 12.8 Å². The summed E-state index contributed by atoms with van der Waals surface area (Å²) in [6, 6.07) is 0. The summed E-state index contributed by atoms with van der Waals surface area (Å²) in [5.74, 6) is 0.867. The van der Waals surface area contributed by atoms with E-state index >= 15 is 0 Å². The third-order valence-electron chi connectivity index (χ3n) is 1.08. The van der Waals surface area contributed by atoms with Gasteiger partial charge in [0.1, 0.15) is 0 Å².